The number of carboxylic acids is 1. The van der Waals surface area contributed by atoms with Crippen LogP contribution >= 0.6 is 15.9 Å². The Morgan fingerprint density at radius 3 is 3.07 bits per heavy atom. The summed E-state index contributed by atoms with van der Waals surface area (Å²) in [4.78, 5) is 14.6. The largest absolute Gasteiger partial charge is 0.481 e. The van der Waals surface area contributed by atoms with Crippen molar-refractivity contribution in [2.45, 2.75) is 12.8 Å². The first-order chi connectivity index (χ1) is 7.16. The van der Waals surface area contributed by atoms with Crippen LogP contribution in [0, 0.1) is 0 Å². The van der Waals surface area contributed by atoms with Gasteiger partial charge in [0.2, 0.25) is 0 Å². The Balaban J connectivity index is 2.35. The molecular weight excluding hydrogens is 260 g/mol. The van der Waals surface area contributed by atoms with E-state index < -0.39 is 5.97 Å². The maximum atomic E-state index is 10.5. The summed E-state index contributed by atoms with van der Waals surface area (Å²) in [6, 6.07) is 3.79. The number of carbonyl (C=O) groups is 1. The third kappa shape index (κ3) is 2.18. The Kier molecular flexibility index (Phi) is 2.73. The summed E-state index contributed by atoms with van der Waals surface area (Å²) in [6.07, 6.45) is 4.22. The van der Waals surface area contributed by atoms with Crippen LogP contribution in [0.2, 0.25) is 0 Å². The van der Waals surface area contributed by atoms with Gasteiger partial charge in [0.05, 0.1) is 6.42 Å². The van der Waals surface area contributed by atoms with Crippen LogP contribution in [0.5, 0.6) is 0 Å². The molecule has 15 heavy (non-hydrogen) atoms. The Labute approximate surface area is 94.7 Å². The number of rotatable bonds is 3. The van der Waals surface area contributed by atoms with Crippen molar-refractivity contribution in [2.24, 2.45) is 0 Å². The van der Waals surface area contributed by atoms with Crippen molar-refractivity contribution in [2.75, 3.05) is 0 Å². The summed E-state index contributed by atoms with van der Waals surface area (Å²) in [6.45, 7) is 0. The summed E-state index contributed by atoms with van der Waals surface area (Å²) in [5.41, 5.74) is 1.74. The number of aromatic nitrogens is 2. The lowest BCUT2D eigenvalue weighted by atomic mass is 10.2. The average Bonchev–Trinajstić information content (AvgIpc) is 2.57. The summed E-state index contributed by atoms with van der Waals surface area (Å²) in [5, 5.41) is 8.60. The number of imidazole rings is 1. The van der Waals surface area contributed by atoms with Gasteiger partial charge in [0.15, 0.2) is 0 Å². The molecule has 0 spiro atoms. The van der Waals surface area contributed by atoms with E-state index in [1.807, 2.05) is 22.7 Å². The molecule has 0 atom stereocenters. The van der Waals surface area contributed by atoms with Gasteiger partial charge in [-0.25, -0.2) is 4.98 Å². The average molecular weight is 269 g/mol. The number of fused-ring (bicyclic) bond motifs is 1. The molecule has 2 rings (SSSR count). The second-order valence-corrected chi connectivity index (χ2v) is 4.13. The molecule has 0 unspecified atom stereocenters. The fourth-order valence-corrected chi connectivity index (χ4v) is 1.76. The molecule has 2 aromatic rings. The molecule has 2 aromatic heterocycles. The van der Waals surface area contributed by atoms with E-state index in [-0.39, 0.29) is 6.42 Å². The lowest BCUT2D eigenvalue weighted by molar-refractivity contribution is -0.136. The van der Waals surface area contributed by atoms with Gasteiger partial charge in [0, 0.05) is 29.0 Å². The maximum absolute atomic E-state index is 10.5. The molecule has 0 radical (unpaired) electrons. The number of aryl methyl sites for hydroxylation is 1. The van der Waals surface area contributed by atoms with Crippen LogP contribution in [0.25, 0.3) is 5.65 Å². The molecule has 0 saturated carbocycles. The minimum Gasteiger partial charge on any atom is -0.481 e. The molecule has 4 nitrogen and oxygen atoms in total. The van der Waals surface area contributed by atoms with Gasteiger partial charge >= 0.3 is 5.97 Å². The summed E-state index contributed by atoms with van der Waals surface area (Å²) >= 11 is 3.37. The highest BCUT2D eigenvalue weighted by Crippen LogP contribution is 2.14. The van der Waals surface area contributed by atoms with Crippen LogP contribution in [0.3, 0.4) is 0 Å². The Morgan fingerprint density at radius 1 is 1.53 bits per heavy atom. The first-order valence-electron chi connectivity index (χ1n) is 4.50. The van der Waals surface area contributed by atoms with Crippen LogP contribution in [0.1, 0.15) is 12.1 Å². The fourth-order valence-electron chi connectivity index (χ4n) is 1.43. The third-order valence-electron chi connectivity index (χ3n) is 2.14. The zero-order chi connectivity index (χ0) is 10.8. The molecule has 0 aromatic carbocycles. The normalized spacial score (nSPS) is 10.7. The molecule has 0 aliphatic heterocycles. The van der Waals surface area contributed by atoms with Crippen molar-refractivity contribution in [3.63, 3.8) is 0 Å². The SMILES string of the molecule is O=C(O)CCc1cnc2ccc(Br)cn12. The van der Waals surface area contributed by atoms with Gasteiger partial charge in [-0.05, 0) is 28.1 Å². The van der Waals surface area contributed by atoms with Crippen LogP contribution in [0.4, 0.5) is 0 Å². The van der Waals surface area contributed by atoms with Crippen LogP contribution in [-0.2, 0) is 11.2 Å². The molecule has 0 aliphatic rings. The molecule has 0 fully saturated rings. The van der Waals surface area contributed by atoms with E-state index in [1.165, 1.54) is 0 Å². The summed E-state index contributed by atoms with van der Waals surface area (Å²) in [7, 11) is 0. The van der Waals surface area contributed by atoms with E-state index in [0.29, 0.717) is 6.42 Å². The van der Waals surface area contributed by atoms with Gasteiger partial charge in [-0.1, -0.05) is 0 Å². The highest BCUT2D eigenvalue weighted by Gasteiger charge is 2.05. The van der Waals surface area contributed by atoms with Gasteiger partial charge < -0.3 is 9.51 Å². The van der Waals surface area contributed by atoms with Gasteiger partial charge in [-0.2, -0.15) is 0 Å². The van der Waals surface area contributed by atoms with Gasteiger partial charge in [0.1, 0.15) is 5.65 Å². The van der Waals surface area contributed by atoms with Crippen molar-refractivity contribution < 1.29 is 9.90 Å². The zero-order valence-corrected chi connectivity index (χ0v) is 9.44. The van der Waals surface area contributed by atoms with Gasteiger partial charge in [0.25, 0.3) is 0 Å². The third-order valence-corrected chi connectivity index (χ3v) is 2.61. The quantitative estimate of drug-likeness (QED) is 0.928. The summed E-state index contributed by atoms with van der Waals surface area (Å²) in [5.74, 6) is -0.792. The van der Waals surface area contributed by atoms with Crippen molar-refractivity contribution in [1.82, 2.24) is 9.38 Å². The molecule has 5 heteroatoms. The molecule has 2 heterocycles. The Morgan fingerprint density at radius 2 is 2.33 bits per heavy atom. The number of hydrogen-bond donors (Lipinski definition) is 1. The number of pyridine rings is 1. The lowest BCUT2D eigenvalue weighted by Gasteiger charge is -2.00. The second kappa shape index (κ2) is 4.02. The maximum Gasteiger partial charge on any atom is 0.303 e. The molecule has 0 saturated heterocycles. The van der Waals surface area contributed by atoms with Crippen molar-refractivity contribution >= 4 is 27.5 Å². The minimum atomic E-state index is -0.792. The number of nitrogens with zero attached hydrogens (tertiary/aromatic N) is 2. The molecule has 1 N–H and O–H groups in total. The smallest absolute Gasteiger partial charge is 0.303 e. The zero-order valence-electron chi connectivity index (χ0n) is 7.85. The first-order valence-corrected chi connectivity index (χ1v) is 5.29. The highest BCUT2D eigenvalue weighted by molar-refractivity contribution is 9.10. The predicted octanol–water partition coefficient (Wildman–Crippen LogP) is 2.11. The van der Waals surface area contributed by atoms with E-state index in [1.54, 1.807) is 6.20 Å². The van der Waals surface area contributed by atoms with E-state index in [9.17, 15) is 4.79 Å². The van der Waals surface area contributed by atoms with Gasteiger partial charge in [-0.15, -0.1) is 0 Å². The number of carboxylic acid groups (broad SMARTS) is 1. The number of hydrogen-bond acceptors (Lipinski definition) is 2. The van der Waals surface area contributed by atoms with Crippen LogP contribution < -0.4 is 0 Å². The highest BCUT2D eigenvalue weighted by atomic mass is 79.9. The fraction of sp³-hybridized carbons (Fsp3) is 0.200. The molecule has 78 valence electrons. The molecule has 0 bridgehead atoms. The number of aliphatic carboxylic acids is 1. The lowest BCUT2D eigenvalue weighted by Crippen LogP contribution is -2.00. The van der Waals surface area contributed by atoms with Crippen LogP contribution in [-0.4, -0.2) is 20.5 Å². The van der Waals surface area contributed by atoms with Crippen LogP contribution in [0.15, 0.2) is 29.0 Å². The number of halogens is 1. The van der Waals surface area contributed by atoms with E-state index in [4.69, 9.17) is 5.11 Å². The van der Waals surface area contributed by atoms with E-state index in [0.717, 1.165) is 15.8 Å². The standard InChI is InChI=1S/C10H9BrN2O2/c11-7-1-3-9-12-5-8(13(9)6-7)2-4-10(14)15/h1,3,5-6H,2,4H2,(H,14,15). The summed E-state index contributed by atoms with van der Waals surface area (Å²) < 4.78 is 2.84. The Hall–Kier alpha value is -1.36. The first kappa shape index (κ1) is 10.2. The second-order valence-electron chi connectivity index (χ2n) is 3.22. The van der Waals surface area contributed by atoms with E-state index >= 15 is 0 Å². The van der Waals surface area contributed by atoms with Crippen molar-refractivity contribution in [3.05, 3.63) is 34.7 Å². The van der Waals surface area contributed by atoms with Gasteiger partial charge in [-0.3, -0.25) is 4.79 Å². The topological polar surface area (TPSA) is 54.6 Å². The molecular formula is C10H9BrN2O2. The predicted molar refractivity (Wildman–Crippen MR) is 58.8 cm³/mol. The minimum absolute atomic E-state index is 0.125. The Bertz CT molecular complexity index is 507. The molecule has 0 amide bonds. The van der Waals surface area contributed by atoms with Crippen molar-refractivity contribution in [1.29, 1.82) is 0 Å². The molecule has 0 aliphatic carbocycles. The van der Waals surface area contributed by atoms with E-state index in [2.05, 4.69) is 20.9 Å². The van der Waals surface area contributed by atoms with Crippen molar-refractivity contribution in [3.8, 4) is 0 Å². The monoisotopic (exact) mass is 268 g/mol.